The maximum atomic E-state index is 12.8. The molecule has 1 aliphatic heterocycles. The third-order valence-corrected chi connectivity index (χ3v) is 5.34. The van der Waals surface area contributed by atoms with Crippen LogP contribution in [0.5, 0.6) is 0 Å². The lowest BCUT2D eigenvalue weighted by atomic mass is 10.1. The summed E-state index contributed by atoms with van der Waals surface area (Å²) in [4.78, 5) is 51.5. The van der Waals surface area contributed by atoms with Gasteiger partial charge in [-0.1, -0.05) is 12.1 Å². The fraction of sp³-hybridized carbons (Fsp3) is 0.278. The van der Waals surface area contributed by atoms with Gasteiger partial charge in [0, 0.05) is 31.6 Å². The van der Waals surface area contributed by atoms with Gasteiger partial charge in [-0.25, -0.2) is 9.97 Å². The van der Waals surface area contributed by atoms with Crippen molar-refractivity contribution in [2.24, 2.45) is 5.92 Å². The Morgan fingerprint density at radius 1 is 1.37 bits per heavy atom. The number of thiazole rings is 1. The molecule has 1 aliphatic rings. The van der Waals surface area contributed by atoms with Crippen LogP contribution in [0, 0.1) is 5.92 Å². The molecule has 1 N–H and O–H groups in total. The molecule has 8 nitrogen and oxygen atoms in total. The largest absolute Gasteiger partial charge is 0.338 e. The Morgan fingerprint density at radius 2 is 2.19 bits per heavy atom. The van der Waals surface area contributed by atoms with Crippen molar-refractivity contribution in [3.63, 3.8) is 0 Å². The number of carbonyl (C=O) groups excluding carboxylic acids is 2. The highest BCUT2D eigenvalue weighted by atomic mass is 32.1. The van der Waals surface area contributed by atoms with E-state index in [0.29, 0.717) is 28.4 Å². The second-order valence-corrected chi connectivity index (χ2v) is 7.32. The summed E-state index contributed by atoms with van der Waals surface area (Å²) in [5.74, 6) is -0.276. The van der Waals surface area contributed by atoms with Gasteiger partial charge in [-0.3, -0.25) is 19.3 Å². The fourth-order valence-electron chi connectivity index (χ4n) is 3.23. The van der Waals surface area contributed by atoms with Crippen LogP contribution in [0.1, 0.15) is 12.2 Å². The Morgan fingerprint density at radius 3 is 2.96 bits per heavy atom. The number of anilines is 1. The van der Waals surface area contributed by atoms with Crippen LogP contribution >= 0.6 is 11.3 Å². The molecule has 138 valence electrons. The summed E-state index contributed by atoms with van der Waals surface area (Å²) in [5.41, 5.74) is 0.352. The van der Waals surface area contributed by atoms with Crippen molar-refractivity contribution in [2.45, 2.75) is 13.0 Å². The number of H-pyrrole nitrogens is 1. The molecule has 0 bridgehead atoms. The van der Waals surface area contributed by atoms with Crippen LogP contribution in [0.25, 0.3) is 10.9 Å². The summed E-state index contributed by atoms with van der Waals surface area (Å²) >= 11 is 1.37. The summed E-state index contributed by atoms with van der Waals surface area (Å²) in [6.45, 7) is 0.484. The van der Waals surface area contributed by atoms with E-state index in [1.807, 2.05) is 6.07 Å². The average molecular weight is 383 g/mol. The molecule has 2 amide bonds. The first-order chi connectivity index (χ1) is 13.0. The minimum Gasteiger partial charge on any atom is -0.338 e. The number of fused-ring (bicyclic) bond motifs is 1. The number of nitrogens with one attached hydrogen (secondary N) is 1. The number of nitrogens with zero attached hydrogens (tertiary/aromatic N) is 4. The topological polar surface area (TPSA) is 99.3 Å². The van der Waals surface area contributed by atoms with Crippen molar-refractivity contribution in [3.8, 4) is 0 Å². The SMILES string of the molecule is CN(Cc1nc2ccccc2c(=O)[nH]1)C(=O)C1CC(=O)N(c2nccs2)C1. The summed E-state index contributed by atoms with van der Waals surface area (Å²) in [6.07, 6.45) is 1.79. The van der Waals surface area contributed by atoms with E-state index >= 15 is 0 Å². The number of hydrogen-bond donors (Lipinski definition) is 1. The minimum absolute atomic E-state index is 0.103. The van der Waals surface area contributed by atoms with Crippen molar-refractivity contribution in [3.05, 3.63) is 52.0 Å². The monoisotopic (exact) mass is 383 g/mol. The van der Waals surface area contributed by atoms with Gasteiger partial charge in [0.2, 0.25) is 11.8 Å². The molecule has 0 aliphatic carbocycles. The van der Waals surface area contributed by atoms with Gasteiger partial charge in [0.05, 0.1) is 23.4 Å². The maximum Gasteiger partial charge on any atom is 0.258 e. The van der Waals surface area contributed by atoms with Gasteiger partial charge in [0.25, 0.3) is 5.56 Å². The third kappa shape index (κ3) is 3.33. The highest BCUT2D eigenvalue weighted by Crippen LogP contribution is 2.27. The molecular weight excluding hydrogens is 366 g/mol. The Balaban J connectivity index is 1.49. The van der Waals surface area contributed by atoms with Gasteiger partial charge >= 0.3 is 0 Å². The summed E-state index contributed by atoms with van der Waals surface area (Å²) in [6, 6.07) is 7.05. The van der Waals surface area contributed by atoms with Gasteiger partial charge in [0.1, 0.15) is 5.82 Å². The predicted molar refractivity (Wildman–Crippen MR) is 101 cm³/mol. The molecule has 3 heterocycles. The number of benzene rings is 1. The molecule has 0 saturated carbocycles. The van der Waals surface area contributed by atoms with E-state index in [1.54, 1.807) is 41.7 Å². The number of amides is 2. The smallest absolute Gasteiger partial charge is 0.258 e. The van der Waals surface area contributed by atoms with E-state index in [1.165, 1.54) is 16.2 Å². The molecule has 1 saturated heterocycles. The first kappa shape index (κ1) is 17.3. The van der Waals surface area contributed by atoms with E-state index in [0.717, 1.165) is 0 Å². The Bertz CT molecular complexity index is 1060. The number of hydrogen-bond acceptors (Lipinski definition) is 6. The van der Waals surface area contributed by atoms with Gasteiger partial charge in [-0.15, -0.1) is 11.3 Å². The van der Waals surface area contributed by atoms with Crippen LogP contribution in [-0.4, -0.2) is 45.3 Å². The lowest BCUT2D eigenvalue weighted by Gasteiger charge is -2.20. The molecule has 0 radical (unpaired) electrons. The van der Waals surface area contributed by atoms with E-state index in [-0.39, 0.29) is 30.3 Å². The second-order valence-electron chi connectivity index (χ2n) is 6.44. The highest BCUT2D eigenvalue weighted by molar-refractivity contribution is 7.13. The van der Waals surface area contributed by atoms with Crippen molar-refractivity contribution in [1.29, 1.82) is 0 Å². The molecule has 0 spiro atoms. The van der Waals surface area contributed by atoms with Crippen LogP contribution in [0.15, 0.2) is 40.6 Å². The van der Waals surface area contributed by atoms with Gasteiger partial charge in [-0.2, -0.15) is 0 Å². The molecule has 2 aromatic heterocycles. The fourth-order valence-corrected chi connectivity index (χ4v) is 3.90. The number of aromatic amines is 1. The normalized spacial score (nSPS) is 16.9. The molecule has 9 heteroatoms. The standard InChI is InChI=1S/C18H17N5O3S/c1-22(10-14-20-13-5-3-2-4-12(13)16(25)21-14)17(26)11-8-15(24)23(9-11)18-19-6-7-27-18/h2-7,11H,8-10H2,1H3,(H,20,21,25). The van der Waals surface area contributed by atoms with E-state index in [9.17, 15) is 14.4 Å². The second kappa shape index (κ2) is 6.92. The Hall–Kier alpha value is -3.07. The highest BCUT2D eigenvalue weighted by Gasteiger charge is 2.37. The number of aromatic nitrogens is 3. The van der Waals surface area contributed by atoms with Gasteiger partial charge in [0.15, 0.2) is 5.13 Å². The number of rotatable bonds is 4. The van der Waals surface area contributed by atoms with Gasteiger partial charge < -0.3 is 9.88 Å². The Kier molecular flexibility index (Phi) is 4.44. The van der Waals surface area contributed by atoms with E-state index in [4.69, 9.17) is 0 Å². The molecule has 3 aromatic rings. The zero-order chi connectivity index (χ0) is 19.0. The quantitative estimate of drug-likeness (QED) is 0.734. The minimum atomic E-state index is -0.432. The van der Waals surface area contributed by atoms with Crippen LogP contribution < -0.4 is 10.5 Å². The van der Waals surface area contributed by atoms with Crippen molar-refractivity contribution in [2.75, 3.05) is 18.5 Å². The molecule has 1 aromatic carbocycles. The number of carbonyl (C=O) groups is 2. The van der Waals surface area contributed by atoms with Gasteiger partial charge in [-0.05, 0) is 12.1 Å². The van der Waals surface area contributed by atoms with Crippen LogP contribution in [0.2, 0.25) is 0 Å². The van der Waals surface area contributed by atoms with Crippen LogP contribution in [0.4, 0.5) is 5.13 Å². The van der Waals surface area contributed by atoms with Crippen molar-refractivity contribution < 1.29 is 9.59 Å². The van der Waals surface area contributed by atoms with E-state index < -0.39 is 5.92 Å². The summed E-state index contributed by atoms with van der Waals surface area (Å²) in [7, 11) is 1.65. The van der Waals surface area contributed by atoms with Crippen molar-refractivity contribution in [1.82, 2.24) is 19.9 Å². The zero-order valence-electron chi connectivity index (χ0n) is 14.6. The molecule has 1 fully saturated rings. The third-order valence-electron chi connectivity index (χ3n) is 4.55. The molecular formula is C18H17N5O3S. The maximum absolute atomic E-state index is 12.8. The summed E-state index contributed by atoms with van der Waals surface area (Å²) < 4.78 is 0. The molecule has 4 rings (SSSR count). The van der Waals surface area contributed by atoms with Crippen molar-refractivity contribution >= 4 is 39.2 Å². The first-order valence-corrected chi connectivity index (χ1v) is 9.33. The van der Waals surface area contributed by atoms with Crippen LogP contribution in [-0.2, 0) is 16.1 Å². The molecule has 27 heavy (non-hydrogen) atoms. The van der Waals surface area contributed by atoms with Crippen LogP contribution in [0.3, 0.4) is 0 Å². The first-order valence-electron chi connectivity index (χ1n) is 8.45. The lowest BCUT2D eigenvalue weighted by Crippen LogP contribution is -2.35. The van der Waals surface area contributed by atoms with E-state index in [2.05, 4.69) is 15.0 Å². The zero-order valence-corrected chi connectivity index (χ0v) is 15.4. The Labute approximate surface area is 158 Å². The summed E-state index contributed by atoms with van der Waals surface area (Å²) in [5, 5.41) is 2.92. The number of para-hydroxylation sites is 1. The molecule has 1 unspecified atom stereocenters. The molecule has 1 atom stereocenters. The predicted octanol–water partition coefficient (Wildman–Crippen LogP) is 1.39. The average Bonchev–Trinajstić information content (AvgIpc) is 3.30. The lowest BCUT2D eigenvalue weighted by molar-refractivity contribution is -0.135.